The molecule has 1 aromatic rings. The second-order valence-corrected chi connectivity index (χ2v) is 4.80. The lowest BCUT2D eigenvalue weighted by Gasteiger charge is -2.14. The molecule has 0 aliphatic carbocycles. The van der Waals surface area contributed by atoms with Crippen molar-refractivity contribution in [2.45, 2.75) is 33.1 Å². The quantitative estimate of drug-likeness (QED) is 0.518. The maximum Gasteiger partial charge on any atom is 0.320 e. The van der Waals surface area contributed by atoms with Crippen LogP contribution in [0.4, 0.5) is 0 Å². The summed E-state index contributed by atoms with van der Waals surface area (Å²) in [5, 5.41) is 0. The van der Waals surface area contributed by atoms with Crippen LogP contribution in [0.2, 0.25) is 0 Å². The number of carbonyl (C=O) groups excluding carboxylic acids is 2. The minimum atomic E-state index is -0.835. The molecule has 0 atom stereocenters. The topological polar surface area (TPSA) is 61.8 Å². The minimum absolute atomic E-state index is 0.257. The van der Waals surface area contributed by atoms with E-state index in [0.29, 0.717) is 12.8 Å². The Morgan fingerprint density at radius 2 is 1.55 bits per heavy atom. The zero-order chi connectivity index (χ0) is 16.4. The number of carbonyl (C=O) groups is 2. The number of aryl methyl sites for hydroxylation is 1. The Hall–Kier alpha value is -2.04. The molecule has 22 heavy (non-hydrogen) atoms. The van der Waals surface area contributed by atoms with Crippen molar-refractivity contribution in [3.05, 3.63) is 29.8 Å². The summed E-state index contributed by atoms with van der Waals surface area (Å²) in [6.45, 7) is 3.95. The molecule has 0 fully saturated rings. The average molecular weight is 308 g/mol. The first kappa shape index (κ1) is 18.0. The van der Waals surface area contributed by atoms with Crippen molar-refractivity contribution in [2.24, 2.45) is 5.92 Å². The van der Waals surface area contributed by atoms with Crippen molar-refractivity contribution in [1.82, 2.24) is 0 Å². The van der Waals surface area contributed by atoms with Crippen molar-refractivity contribution in [3.8, 4) is 5.75 Å². The molecule has 0 N–H and O–H groups in total. The van der Waals surface area contributed by atoms with Gasteiger partial charge in [0.25, 0.3) is 0 Å². The van der Waals surface area contributed by atoms with Crippen LogP contribution in [0.25, 0.3) is 0 Å². The molecule has 0 aliphatic heterocycles. The number of esters is 2. The van der Waals surface area contributed by atoms with E-state index in [-0.39, 0.29) is 13.2 Å². The van der Waals surface area contributed by atoms with Crippen LogP contribution in [0.15, 0.2) is 24.3 Å². The van der Waals surface area contributed by atoms with Crippen LogP contribution in [0.1, 0.15) is 32.3 Å². The fourth-order valence-electron chi connectivity index (χ4n) is 2.12. The maximum absolute atomic E-state index is 11.8. The molecule has 5 nitrogen and oxygen atoms in total. The van der Waals surface area contributed by atoms with Crippen LogP contribution >= 0.6 is 0 Å². The third-order valence-electron chi connectivity index (χ3n) is 3.26. The molecule has 0 unspecified atom stereocenters. The molecule has 0 aliphatic rings. The Morgan fingerprint density at radius 3 is 2.00 bits per heavy atom. The second-order valence-electron chi connectivity index (χ2n) is 4.80. The molecule has 0 bridgehead atoms. The molecule has 5 heteroatoms. The predicted octanol–water partition coefficient (Wildman–Crippen LogP) is 2.76. The number of hydrogen-bond donors (Lipinski definition) is 0. The number of benzene rings is 1. The lowest BCUT2D eigenvalue weighted by atomic mass is 9.99. The van der Waals surface area contributed by atoms with Gasteiger partial charge in [-0.1, -0.05) is 12.1 Å². The lowest BCUT2D eigenvalue weighted by molar-refractivity contribution is -0.161. The zero-order valence-electron chi connectivity index (χ0n) is 13.5. The first-order valence-corrected chi connectivity index (χ1v) is 7.58. The van der Waals surface area contributed by atoms with Gasteiger partial charge in [0.05, 0.1) is 20.3 Å². The van der Waals surface area contributed by atoms with Crippen LogP contribution in [-0.2, 0) is 25.5 Å². The van der Waals surface area contributed by atoms with Gasteiger partial charge in [-0.25, -0.2) is 0 Å². The first-order valence-electron chi connectivity index (χ1n) is 7.58. The van der Waals surface area contributed by atoms with Gasteiger partial charge in [-0.2, -0.15) is 0 Å². The zero-order valence-corrected chi connectivity index (χ0v) is 13.5. The van der Waals surface area contributed by atoms with Gasteiger partial charge in [-0.05, 0) is 50.8 Å². The van der Waals surface area contributed by atoms with Crippen molar-refractivity contribution < 1.29 is 23.8 Å². The second kappa shape index (κ2) is 9.82. The summed E-state index contributed by atoms with van der Waals surface area (Å²) in [6, 6.07) is 7.73. The molecular formula is C17H24O5. The van der Waals surface area contributed by atoms with E-state index in [1.165, 1.54) is 0 Å². The molecule has 0 saturated heterocycles. The molecule has 0 saturated carbocycles. The molecule has 0 amide bonds. The standard InChI is InChI=1S/C17H24O5/c1-4-21-16(18)15(17(19)22-5-2)8-6-7-13-9-11-14(20-3)12-10-13/h9-12,15H,4-8H2,1-3H3. The van der Waals surface area contributed by atoms with Gasteiger partial charge in [-0.3, -0.25) is 9.59 Å². The lowest BCUT2D eigenvalue weighted by Crippen LogP contribution is -2.28. The van der Waals surface area contributed by atoms with E-state index < -0.39 is 17.9 Å². The molecular weight excluding hydrogens is 284 g/mol. The summed E-state index contributed by atoms with van der Waals surface area (Å²) in [4.78, 5) is 23.7. The molecule has 0 spiro atoms. The summed E-state index contributed by atoms with van der Waals surface area (Å²) < 4.78 is 15.0. The number of methoxy groups -OCH3 is 1. The van der Waals surface area contributed by atoms with Crippen molar-refractivity contribution >= 4 is 11.9 Å². The summed E-state index contributed by atoms with van der Waals surface area (Å²) in [6.07, 6.45) is 1.90. The maximum atomic E-state index is 11.8. The van der Waals surface area contributed by atoms with E-state index in [0.717, 1.165) is 17.7 Å². The summed E-state index contributed by atoms with van der Waals surface area (Å²) in [5.41, 5.74) is 1.13. The van der Waals surface area contributed by atoms with Crippen LogP contribution in [0.3, 0.4) is 0 Å². The van der Waals surface area contributed by atoms with Crippen molar-refractivity contribution in [1.29, 1.82) is 0 Å². The smallest absolute Gasteiger partial charge is 0.320 e. The van der Waals surface area contributed by atoms with Gasteiger partial charge < -0.3 is 14.2 Å². The molecule has 0 heterocycles. The highest BCUT2D eigenvalue weighted by atomic mass is 16.6. The molecule has 0 aromatic heterocycles. The Bertz CT molecular complexity index is 448. The van der Waals surface area contributed by atoms with E-state index >= 15 is 0 Å². The molecule has 122 valence electrons. The Kier molecular flexibility index (Phi) is 8.04. The fourth-order valence-corrected chi connectivity index (χ4v) is 2.12. The van der Waals surface area contributed by atoms with E-state index in [1.54, 1.807) is 21.0 Å². The SMILES string of the molecule is CCOC(=O)C(CCCc1ccc(OC)cc1)C(=O)OCC. The van der Waals surface area contributed by atoms with Gasteiger partial charge in [-0.15, -0.1) is 0 Å². The van der Waals surface area contributed by atoms with Gasteiger partial charge >= 0.3 is 11.9 Å². The monoisotopic (exact) mass is 308 g/mol. The van der Waals surface area contributed by atoms with E-state index in [1.807, 2.05) is 24.3 Å². The Balaban J connectivity index is 2.54. The highest BCUT2D eigenvalue weighted by molar-refractivity contribution is 5.94. The fraction of sp³-hybridized carbons (Fsp3) is 0.529. The van der Waals surface area contributed by atoms with Gasteiger partial charge in [0.15, 0.2) is 5.92 Å². The van der Waals surface area contributed by atoms with Crippen molar-refractivity contribution in [2.75, 3.05) is 20.3 Å². The van der Waals surface area contributed by atoms with Gasteiger partial charge in [0.2, 0.25) is 0 Å². The third-order valence-corrected chi connectivity index (χ3v) is 3.26. The largest absolute Gasteiger partial charge is 0.497 e. The third kappa shape index (κ3) is 5.76. The van der Waals surface area contributed by atoms with Crippen LogP contribution in [0.5, 0.6) is 5.75 Å². The summed E-state index contributed by atoms with van der Waals surface area (Å²) in [7, 11) is 1.62. The van der Waals surface area contributed by atoms with Gasteiger partial charge in [0, 0.05) is 0 Å². The van der Waals surface area contributed by atoms with E-state index in [4.69, 9.17) is 14.2 Å². The van der Waals surface area contributed by atoms with E-state index in [2.05, 4.69) is 0 Å². The summed E-state index contributed by atoms with van der Waals surface area (Å²) in [5.74, 6) is -1.04. The van der Waals surface area contributed by atoms with Crippen LogP contribution < -0.4 is 4.74 Å². The van der Waals surface area contributed by atoms with E-state index in [9.17, 15) is 9.59 Å². The van der Waals surface area contributed by atoms with Gasteiger partial charge in [0.1, 0.15) is 5.75 Å². The average Bonchev–Trinajstić information content (AvgIpc) is 2.52. The van der Waals surface area contributed by atoms with Crippen LogP contribution in [0, 0.1) is 5.92 Å². The number of rotatable bonds is 9. The summed E-state index contributed by atoms with van der Waals surface area (Å²) >= 11 is 0. The Morgan fingerprint density at radius 1 is 1.00 bits per heavy atom. The highest BCUT2D eigenvalue weighted by Gasteiger charge is 2.28. The molecule has 1 aromatic carbocycles. The Labute approximate surface area is 131 Å². The normalized spacial score (nSPS) is 10.4. The molecule has 1 rings (SSSR count). The van der Waals surface area contributed by atoms with Crippen molar-refractivity contribution in [3.63, 3.8) is 0 Å². The highest BCUT2D eigenvalue weighted by Crippen LogP contribution is 2.17. The number of hydrogen-bond acceptors (Lipinski definition) is 5. The number of ether oxygens (including phenoxy) is 3. The first-order chi connectivity index (χ1) is 10.6. The minimum Gasteiger partial charge on any atom is -0.497 e. The molecule has 0 radical (unpaired) electrons. The van der Waals surface area contributed by atoms with Crippen LogP contribution in [-0.4, -0.2) is 32.3 Å². The predicted molar refractivity (Wildman–Crippen MR) is 82.7 cm³/mol.